The van der Waals surface area contributed by atoms with Crippen molar-refractivity contribution in [1.82, 2.24) is 19.7 Å². The Morgan fingerprint density at radius 3 is 2.96 bits per heavy atom. The SMILES string of the molecule is Cn1nc(C(N)=O)c2c1-c1nc(Nc3cccc(F)c3)ncc1CCC2. The normalized spacial score (nSPS) is 12.8. The van der Waals surface area contributed by atoms with Crippen molar-refractivity contribution in [2.75, 3.05) is 5.32 Å². The number of rotatable bonds is 3. The Morgan fingerprint density at radius 1 is 1.35 bits per heavy atom. The molecule has 1 aliphatic carbocycles. The Balaban J connectivity index is 1.80. The molecule has 0 atom stereocenters. The molecular weight excluding hydrogens is 335 g/mol. The number of halogens is 1. The second kappa shape index (κ2) is 6.21. The number of aromatic nitrogens is 4. The van der Waals surface area contributed by atoms with E-state index in [4.69, 9.17) is 5.73 Å². The van der Waals surface area contributed by atoms with Gasteiger partial charge in [0.1, 0.15) is 5.82 Å². The maximum Gasteiger partial charge on any atom is 0.269 e. The average Bonchev–Trinajstić information content (AvgIpc) is 2.81. The molecular formula is C18H17FN6O. The average molecular weight is 352 g/mol. The smallest absolute Gasteiger partial charge is 0.269 e. The first kappa shape index (κ1) is 16.2. The van der Waals surface area contributed by atoms with Crippen molar-refractivity contribution >= 4 is 17.5 Å². The lowest BCUT2D eigenvalue weighted by atomic mass is 10.1. The zero-order valence-electron chi connectivity index (χ0n) is 14.2. The highest BCUT2D eigenvalue weighted by atomic mass is 19.1. The summed E-state index contributed by atoms with van der Waals surface area (Å²) in [5.41, 5.74) is 9.60. The molecule has 3 N–H and O–H groups in total. The number of nitrogens with zero attached hydrogens (tertiary/aromatic N) is 4. The van der Waals surface area contributed by atoms with Gasteiger partial charge in [-0.2, -0.15) is 5.10 Å². The van der Waals surface area contributed by atoms with Crippen LogP contribution in [0.2, 0.25) is 0 Å². The molecule has 1 aromatic carbocycles. The quantitative estimate of drug-likeness (QED) is 0.754. The number of primary amides is 1. The largest absolute Gasteiger partial charge is 0.364 e. The van der Waals surface area contributed by atoms with Gasteiger partial charge in [-0.05, 0) is 43.0 Å². The maximum absolute atomic E-state index is 13.4. The van der Waals surface area contributed by atoms with Crippen molar-refractivity contribution in [3.63, 3.8) is 0 Å². The number of anilines is 2. The summed E-state index contributed by atoms with van der Waals surface area (Å²) < 4.78 is 15.0. The number of aryl methyl sites for hydroxylation is 2. The second-order valence-electron chi connectivity index (χ2n) is 6.22. The number of carbonyl (C=O) groups excluding carboxylic acids is 1. The van der Waals surface area contributed by atoms with Gasteiger partial charge in [-0.3, -0.25) is 9.48 Å². The van der Waals surface area contributed by atoms with Crippen molar-refractivity contribution in [3.05, 3.63) is 53.1 Å². The summed E-state index contributed by atoms with van der Waals surface area (Å²) in [6.07, 6.45) is 4.11. The minimum Gasteiger partial charge on any atom is -0.364 e. The van der Waals surface area contributed by atoms with Crippen molar-refractivity contribution in [2.45, 2.75) is 19.3 Å². The molecule has 0 fully saturated rings. The highest BCUT2D eigenvalue weighted by molar-refractivity contribution is 5.94. The Hall–Kier alpha value is -3.29. The topological polar surface area (TPSA) is 98.7 Å². The highest BCUT2D eigenvalue weighted by Crippen LogP contribution is 2.33. The molecule has 7 nitrogen and oxygen atoms in total. The Morgan fingerprint density at radius 2 is 2.19 bits per heavy atom. The van der Waals surface area contributed by atoms with Gasteiger partial charge < -0.3 is 11.1 Å². The van der Waals surface area contributed by atoms with Crippen molar-refractivity contribution in [1.29, 1.82) is 0 Å². The highest BCUT2D eigenvalue weighted by Gasteiger charge is 2.26. The lowest BCUT2D eigenvalue weighted by Gasteiger charge is -2.10. The zero-order chi connectivity index (χ0) is 18.3. The molecule has 0 spiro atoms. The van der Waals surface area contributed by atoms with Crippen LogP contribution in [0.4, 0.5) is 16.0 Å². The van der Waals surface area contributed by atoms with Gasteiger partial charge in [0.05, 0.1) is 11.4 Å². The van der Waals surface area contributed by atoms with E-state index in [-0.39, 0.29) is 11.5 Å². The maximum atomic E-state index is 13.4. The van der Waals surface area contributed by atoms with Gasteiger partial charge in [0.2, 0.25) is 5.95 Å². The predicted octanol–water partition coefficient (Wildman–Crippen LogP) is 2.35. The Bertz CT molecular complexity index is 1010. The fourth-order valence-corrected chi connectivity index (χ4v) is 3.30. The fourth-order valence-electron chi connectivity index (χ4n) is 3.30. The van der Waals surface area contributed by atoms with Crippen LogP contribution in [0.3, 0.4) is 0 Å². The van der Waals surface area contributed by atoms with E-state index in [1.165, 1.54) is 12.1 Å². The number of carbonyl (C=O) groups is 1. The van der Waals surface area contributed by atoms with Crippen LogP contribution in [-0.4, -0.2) is 25.7 Å². The van der Waals surface area contributed by atoms with Crippen LogP contribution in [0.25, 0.3) is 11.4 Å². The van der Waals surface area contributed by atoms with E-state index in [0.717, 1.165) is 29.7 Å². The fraction of sp³-hybridized carbons (Fsp3) is 0.222. The predicted molar refractivity (Wildman–Crippen MR) is 94.5 cm³/mol. The molecule has 0 radical (unpaired) electrons. The summed E-state index contributed by atoms with van der Waals surface area (Å²) in [7, 11) is 1.77. The Labute approximate surface area is 149 Å². The van der Waals surface area contributed by atoms with Crippen LogP contribution < -0.4 is 11.1 Å². The molecule has 4 rings (SSSR count). The summed E-state index contributed by atoms with van der Waals surface area (Å²) in [6, 6.07) is 6.09. The van der Waals surface area contributed by atoms with Crippen LogP contribution in [-0.2, 0) is 19.9 Å². The summed E-state index contributed by atoms with van der Waals surface area (Å²) in [5.74, 6) is -0.536. The van der Waals surface area contributed by atoms with Gasteiger partial charge in [-0.25, -0.2) is 14.4 Å². The first-order chi connectivity index (χ1) is 12.5. The van der Waals surface area contributed by atoms with Gasteiger partial charge in [0.25, 0.3) is 5.91 Å². The van der Waals surface area contributed by atoms with Gasteiger partial charge >= 0.3 is 0 Å². The van der Waals surface area contributed by atoms with Gasteiger partial charge in [-0.1, -0.05) is 6.07 Å². The molecule has 0 unspecified atom stereocenters. The van der Waals surface area contributed by atoms with Crippen LogP contribution in [0, 0.1) is 5.82 Å². The monoisotopic (exact) mass is 352 g/mol. The third-order valence-electron chi connectivity index (χ3n) is 4.42. The van der Waals surface area contributed by atoms with Crippen LogP contribution in [0.1, 0.15) is 28.0 Å². The van der Waals surface area contributed by atoms with Gasteiger partial charge in [-0.15, -0.1) is 0 Å². The third kappa shape index (κ3) is 2.79. The van der Waals surface area contributed by atoms with Crippen LogP contribution >= 0.6 is 0 Å². The van der Waals surface area contributed by atoms with E-state index in [1.54, 1.807) is 30.1 Å². The summed E-state index contributed by atoms with van der Waals surface area (Å²) in [5, 5.41) is 7.28. The molecule has 0 aliphatic heterocycles. The first-order valence-electron chi connectivity index (χ1n) is 8.27. The van der Waals surface area contributed by atoms with Crippen molar-refractivity contribution in [3.8, 4) is 11.4 Å². The van der Waals surface area contributed by atoms with E-state index in [1.807, 2.05) is 0 Å². The number of fused-ring (bicyclic) bond motifs is 3. The van der Waals surface area contributed by atoms with E-state index in [0.29, 0.717) is 23.8 Å². The number of nitrogens with two attached hydrogens (primary N) is 1. The molecule has 0 saturated heterocycles. The standard InChI is InChI=1S/C18H17FN6O/c1-25-16-13(15(24-25)17(20)26)7-2-4-10-9-21-18(23-14(10)16)22-12-6-3-5-11(19)8-12/h3,5-6,8-9H,2,4,7H2,1H3,(H2,20,26)(H,21,22,23). The molecule has 26 heavy (non-hydrogen) atoms. The molecule has 132 valence electrons. The van der Waals surface area contributed by atoms with Crippen LogP contribution in [0.5, 0.6) is 0 Å². The molecule has 1 aliphatic rings. The third-order valence-corrected chi connectivity index (χ3v) is 4.42. The summed E-state index contributed by atoms with van der Waals surface area (Å²) in [4.78, 5) is 20.7. The van der Waals surface area contributed by atoms with E-state index >= 15 is 0 Å². The van der Waals surface area contributed by atoms with Crippen LogP contribution in [0.15, 0.2) is 30.5 Å². The molecule has 8 heteroatoms. The molecule has 3 aromatic rings. The molecule has 0 saturated carbocycles. The lowest BCUT2D eigenvalue weighted by Crippen LogP contribution is -2.14. The van der Waals surface area contributed by atoms with Gasteiger partial charge in [0.15, 0.2) is 5.69 Å². The van der Waals surface area contributed by atoms with Crippen molar-refractivity contribution in [2.24, 2.45) is 12.8 Å². The molecule has 2 aromatic heterocycles. The first-order valence-corrected chi connectivity index (χ1v) is 8.27. The number of hydrogen-bond acceptors (Lipinski definition) is 5. The number of nitrogens with one attached hydrogen (secondary N) is 1. The lowest BCUT2D eigenvalue weighted by molar-refractivity contribution is 0.0994. The molecule has 1 amide bonds. The number of hydrogen-bond donors (Lipinski definition) is 2. The number of benzene rings is 1. The van der Waals surface area contributed by atoms with E-state index in [2.05, 4.69) is 20.4 Å². The molecule has 0 bridgehead atoms. The minimum atomic E-state index is -0.544. The second-order valence-corrected chi connectivity index (χ2v) is 6.22. The minimum absolute atomic E-state index is 0.286. The van der Waals surface area contributed by atoms with E-state index < -0.39 is 5.91 Å². The zero-order valence-corrected chi connectivity index (χ0v) is 14.2. The van der Waals surface area contributed by atoms with Gasteiger partial charge in [0, 0.05) is 24.5 Å². The number of amides is 1. The molecule has 2 heterocycles. The van der Waals surface area contributed by atoms with E-state index in [9.17, 15) is 9.18 Å². The summed E-state index contributed by atoms with van der Waals surface area (Å²) >= 11 is 0. The Kier molecular flexibility index (Phi) is 3.87. The van der Waals surface area contributed by atoms with Crippen molar-refractivity contribution < 1.29 is 9.18 Å². The summed E-state index contributed by atoms with van der Waals surface area (Å²) in [6.45, 7) is 0.